The molecule has 1 aromatic rings. The molecule has 1 aliphatic carbocycles. The van der Waals surface area contributed by atoms with Crippen LogP contribution in [0.15, 0.2) is 12.4 Å². The van der Waals surface area contributed by atoms with E-state index in [1.807, 2.05) is 24.0 Å². The maximum absolute atomic E-state index is 12.3. The highest BCUT2D eigenvalue weighted by Gasteiger charge is 2.42. The van der Waals surface area contributed by atoms with E-state index in [1.54, 1.807) is 0 Å². The minimum atomic E-state index is -0.154. The van der Waals surface area contributed by atoms with Crippen molar-refractivity contribution in [2.75, 3.05) is 0 Å². The third kappa shape index (κ3) is 2.37. The van der Waals surface area contributed by atoms with Crippen LogP contribution in [0.3, 0.4) is 0 Å². The molecule has 108 valence electrons. The monoisotopic (exact) mass is 275 g/mol. The average Bonchev–Trinajstić information content (AvgIpc) is 3.09. The van der Waals surface area contributed by atoms with Gasteiger partial charge in [-0.15, -0.1) is 0 Å². The Morgan fingerprint density at radius 2 is 2.10 bits per heavy atom. The predicted octanol–water partition coefficient (Wildman–Crippen LogP) is 1.84. The Morgan fingerprint density at radius 3 is 2.75 bits per heavy atom. The van der Waals surface area contributed by atoms with Crippen LogP contribution in [0.5, 0.6) is 0 Å². The summed E-state index contributed by atoms with van der Waals surface area (Å²) in [4.78, 5) is 24.0. The largest absolute Gasteiger partial charge is 0.296 e. The number of carbonyl (C=O) groups excluding carboxylic acids is 2. The van der Waals surface area contributed by atoms with E-state index < -0.39 is 0 Å². The third-order valence-electron chi connectivity index (χ3n) is 4.72. The van der Waals surface area contributed by atoms with Gasteiger partial charge in [-0.25, -0.2) is 0 Å². The molecule has 20 heavy (non-hydrogen) atoms. The number of hydrogen-bond acceptors (Lipinski definition) is 3. The molecule has 5 nitrogen and oxygen atoms in total. The molecule has 2 fully saturated rings. The Hall–Kier alpha value is -1.65. The number of rotatable bonds is 3. The lowest BCUT2D eigenvalue weighted by Crippen LogP contribution is -2.47. The van der Waals surface area contributed by atoms with Crippen LogP contribution in [0.1, 0.15) is 50.5 Å². The first kappa shape index (κ1) is 13.3. The summed E-state index contributed by atoms with van der Waals surface area (Å²) in [6, 6.07) is 0. The fourth-order valence-electron chi connectivity index (χ4n) is 3.71. The van der Waals surface area contributed by atoms with E-state index in [4.69, 9.17) is 0 Å². The lowest BCUT2D eigenvalue weighted by atomic mass is 9.73. The third-order valence-corrected chi connectivity index (χ3v) is 4.72. The topological polar surface area (TPSA) is 64.0 Å². The average molecular weight is 275 g/mol. The summed E-state index contributed by atoms with van der Waals surface area (Å²) in [7, 11) is 0. The van der Waals surface area contributed by atoms with Crippen LogP contribution in [-0.2, 0) is 16.1 Å². The number of amides is 2. The van der Waals surface area contributed by atoms with Crippen LogP contribution >= 0.6 is 0 Å². The molecule has 0 aromatic carbocycles. The van der Waals surface area contributed by atoms with Gasteiger partial charge in [-0.05, 0) is 31.2 Å². The van der Waals surface area contributed by atoms with Crippen molar-refractivity contribution in [2.24, 2.45) is 11.8 Å². The summed E-state index contributed by atoms with van der Waals surface area (Å²) in [5.41, 5.74) is 1.03. The van der Waals surface area contributed by atoms with E-state index in [0.29, 0.717) is 12.3 Å². The first-order valence-corrected chi connectivity index (χ1v) is 7.55. The van der Waals surface area contributed by atoms with E-state index in [2.05, 4.69) is 10.4 Å². The molecule has 1 N–H and O–H groups in total. The van der Waals surface area contributed by atoms with Gasteiger partial charge < -0.3 is 0 Å². The van der Waals surface area contributed by atoms with Crippen LogP contribution in [0.2, 0.25) is 0 Å². The minimum absolute atomic E-state index is 0.000324. The summed E-state index contributed by atoms with van der Waals surface area (Å²) < 4.78 is 1.86. The summed E-state index contributed by atoms with van der Waals surface area (Å²) >= 11 is 0. The SMILES string of the molecule is CCn1cc(C2CC(=O)NC(=O)C2C2CCCC2)cn1. The number of aromatic nitrogens is 2. The molecular formula is C15H21N3O2. The van der Waals surface area contributed by atoms with Gasteiger partial charge in [0.15, 0.2) is 0 Å². The van der Waals surface area contributed by atoms with Crippen LogP contribution in [0, 0.1) is 11.8 Å². The van der Waals surface area contributed by atoms with E-state index in [0.717, 1.165) is 24.9 Å². The zero-order valence-electron chi connectivity index (χ0n) is 11.8. The summed E-state index contributed by atoms with van der Waals surface area (Å²) in [6.07, 6.45) is 8.81. The van der Waals surface area contributed by atoms with Gasteiger partial charge in [-0.1, -0.05) is 12.8 Å². The van der Waals surface area contributed by atoms with Crippen molar-refractivity contribution >= 4 is 11.8 Å². The van der Waals surface area contributed by atoms with E-state index in [1.165, 1.54) is 12.8 Å². The Balaban J connectivity index is 1.90. The van der Waals surface area contributed by atoms with Crippen molar-refractivity contribution < 1.29 is 9.59 Å². The maximum atomic E-state index is 12.3. The van der Waals surface area contributed by atoms with Crippen LogP contribution in [0.25, 0.3) is 0 Å². The standard InChI is InChI=1S/C15H21N3O2/c1-2-18-9-11(8-16-18)12-7-13(19)17-15(20)14(12)10-5-3-4-6-10/h8-10,12,14H,2-7H2,1H3,(H,17,19,20). The van der Waals surface area contributed by atoms with E-state index >= 15 is 0 Å². The normalized spacial score (nSPS) is 27.9. The first-order chi connectivity index (χ1) is 9.69. The molecule has 1 aromatic heterocycles. The Bertz CT molecular complexity index is 517. The highest BCUT2D eigenvalue weighted by Crippen LogP contribution is 2.42. The lowest BCUT2D eigenvalue weighted by molar-refractivity contribution is -0.138. The molecule has 2 heterocycles. The predicted molar refractivity (Wildman–Crippen MR) is 73.9 cm³/mol. The second kappa shape index (κ2) is 5.38. The van der Waals surface area contributed by atoms with Gasteiger partial charge in [0.05, 0.1) is 6.20 Å². The van der Waals surface area contributed by atoms with Crippen molar-refractivity contribution in [1.29, 1.82) is 0 Å². The van der Waals surface area contributed by atoms with E-state index in [9.17, 15) is 9.59 Å². The molecule has 1 aliphatic heterocycles. The number of carbonyl (C=O) groups is 2. The number of imide groups is 1. The highest BCUT2D eigenvalue weighted by molar-refractivity contribution is 6.00. The molecule has 0 radical (unpaired) electrons. The van der Waals surface area contributed by atoms with Crippen LogP contribution in [0.4, 0.5) is 0 Å². The molecule has 2 amide bonds. The lowest BCUT2D eigenvalue weighted by Gasteiger charge is -2.33. The Labute approximate surface area is 118 Å². The minimum Gasteiger partial charge on any atom is -0.296 e. The Morgan fingerprint density at radius 1 is 1.35 bits per heavy atom. The van der Waals surface area contributed by atoms with Crippen molar-refractivity contribution in [2.45, 2.75) is 51.5 Å². The van der Waals surface area contributed by atoms with Gasteiger partial charge in [0.25, 0.3) is 0 Å². The molecule has 2 atom stereocenters. The molecule has 1 saturated carbocycles. The summed E-state index contributed by atoms with van der Waals surface area (Å²) in [5.74, 6) is 0.114. The molecule has 2 aliphatic rings. The number of piperidine rings is 1. The summed E-state index contributed by atoms with van der Waals surface area (Å²) in [6.45, 7) is 2.84. The van der Waals surface area contributed by atoms with Crippen molar-refractivity contribution in [1.82, 2.24) is 15.1 Å². The Kier molecular flexibility index (Phi) is 3.59. The molecule has 0 spiro atoms. The molecular weight excluding hydrogens is 254 g/mol. The van der Waals surface area contributed by atoms with Crippen molar-refractivity contribution in [3.63, 3.8) is 0 Å². The fourth-order valence-corrected chi connectivity index (χ4v) is 3.71. The molecule has 5 heteroatoms. The second-order valence-corrected chi connectivity index (χ2v) is 5.92. The maximum Gasteiger partial charge on any atom is 0.230 e. The molecule has 0 bridgehead atoms. The van der Waals surface area contributed by atoms with Gasteiger partial charge in [-0.2, -0.15) is 5.10 Å². The number of aryl methyl sites for hydroxylation is 1. The van der Waals surface area contributed by atoms with Crippen molar-refractivity contribution in [3.8, 4) is 0 Å². The van der Waals surface area contributed by atoms with E-state index in [-0.39, 0.29) is 23.7 Å². The second-order valence-electron chi connectivity index (χ2n) is 5.92. The molecule has 2 unspecified atom stereocenters. The number of hydrogen-bond donors (Lipinski definition) is 1. The summed E-state index contributed by atoms with van der Waals surface area (Å²) in [5, 5.41) is 6.82. The molecule has 3 rings (SSSR count). The van der Waals surface area contributed by atoms with Gasteiger partial charge in [-0.3, -0.25) is 19.6 Å². The number of nitrogens with one attached hydrogen (secondary N) is 1. The van der Waals surface area contributed by atoms with Gasteiger partial charge in [0.2, 0.25) is 11.8 Å². The fraction of sp³-hybridized carbons (Fsp3) is 0.667. The van der Waals surface area contributed by atoms with Gasteiger partial charge in [0.1, 0.15) is 0 Å². The number of nitrogens with zero attached hydrogens (tertiary/aromatic N) is 2. The zero-order valence-corrected chi connectivity index (χ0v) is 11.8. The quantitative estimate of drug-likeness (QED) is 0.856. The smallest absolute Gasteiger partial charge is 0.230 e. The highest BCUT2D eigenvalue weighted by atomic mass is 16.2. The first-order valence-electron chi connectivity index (χ1n) is 7.55. The van der Waals surface area contributed by atoms with Crippen LogP contribution < -0.4 is 5.32 Å². The van der Waals surface area contributed by atoms with Crippen molar-refractivity contribution in [3.05, 3.63) is 18.0 Å². The zero-order chi connectivity index (χ0) is 14.1. The molecule has 1 saturated heterocycles. The van der Waals surface area contributed by atoms with Gasteiger partial charge in [0, 0.05) is 31.0 Å². The van der Waals surface area contributed by atoms with Gasteiger partial charge >= 0.3 is 0 Å². The van der Waals surface area contributed by atoms with Crippen LogP contribution in [-0.4, -0.2) is 21.6 Å².